The Kier molecular flexibility index (Phi) is 7.49. The summed E-state index contributed by atoms with van der Waals surface area (Å²) < 4.78 is 11.4. The van der Waals surface area contributed by atoms with Gasteiger partial charge >= 0.3 is 5.69 Å². The van der Waals surface area contributed by atoms with Crippen molar-refractivity contribution in [2.45, 2.75) is 13.8 Å². The van der Waals surface area contributed by atoms with Gasteiger partial charge in [-0.05, 0) is 67.6 Å². The van der Waals surface area contributed by atoms with Crippen LogP contribution < -0.4 is 14.8 Å². The van der Waals surface area contributed by atoms with Crippen molar-refractivity contribution in [2.24, 2.45) is 4.99 Å². The van der Waals surface area contributed by atoms with Crippen LogP contribution in [-0.2, 0) is 4.79 Å². The summed E-state index contributed by atoms with van der Waals surface area (Å²) in [6, 6.07) is 15.5. The van der Waals surface area contributed by atoms with Gasteiger partial charge in [0.15, 0.2) is 16.7 Å². The van der Waals surface area contributed by atoms with Crippen molar-refractivity contribution >= 4 is 46.0 Å². The maximum Gasteiger partial charge on any atom is 0.318 e. The molecule has 1 heterocycles. The molecule has 0 radical (unpaired) electrons. The topological polar surface area (TPSA) is 146 Å². The second-order valence-corrected chi connectivity index (χ2v) is 8.76. The minimum Gasteiger partial charge on any atom is -0.490 e. The SMILES string of the molecule is CCOc1cc(/C=C2\SC(=Nc3ccc(C)cc3)NC2=O)ccc1Oc1ccc([N+](=O)[O-])cc1[N+](=O)[O-]. The molecule has 1 fully saturated rings. The zero-order valence-corrected chi connectivity index (χ0v) is 20.5. The van der Waals surface area contributed by atoms with E-state index >= 15 is 0 Å². The number of rotatable bonds is 8. The molecule has 0 bridgehead atoms. The second-order valence-electron chi connectivity index (χ2n) is 7.72. The van der Waals surface area contributed by atoms with Gasteiger partial charge in [-0.15, -0.1) is 0 Å². The van der Waals surface area contributed by atoms with Gasteiger partial charge in [0, 0.05) is 6.07 Å². The zero-order chi connectivity index (χ0) is 26.5. The number of nitro benzene ring substituents is 2. The van der Waals surface area contributed by atoms with Gasteiger partial charge in [-0.3, -0.25) is 25.0 Å². The van der Waals surface area contributed by atoms with Gasteiger partial charge in [0.05, 0.1) is 33.1 Å². The summed E-state index contributed by atoms with van der Waals surface area (Å²) in [5.74, 6) is -0.0199. The monoisotopic (exact) mass is 520 g/mol. The standard InChI is InChI=1S/C25H20N4O7S/c1-3-35-22-12-16(13-23-24(30)27-25(37-23)26-17-7-4-15(2)5-8-17)6-10-21(22)36-20-11-9-18(28(31)32)14-19(20)29(33)34/h4-14H,3H2,1-2H3,(H,26,27,30)/b23-13-. The largest absolute Gasteiger partial charge is 0.490 e. The first-order valence-corrected chi connectivity index (χ1v) is 11.8. The number of non-ortho nitro benzene ring substituents is 1. The summed E-state index contributed by atoms with van der Waals surface area (Å²) in [6.45, 7) is 4.02. The van der Waals surface area contributed by atoms with Crippen LogP contribution in [0, 0.1) is 27.2 Å². The van der Waals surface area contributed by atoms with Crippen LogP contribution in [-0.4, -0.2) is 27.5 Å². The maximum atomic E-state index is 12.5. The van der Waals surface area contributed by atoms with E-state index in [1.807, 2.05) is 31.2 Å². The molecule has 1 amide bonds. The molecule has 11 nitrogen and oxygen atoms in total. The number of ether oxygens (including phenoxy) is 2. The quantitative estimate of drug-likeness (QED) is 0.220. The van der Waals surface area contributed by atoms with E-state index < -0.39 is 21.2 Å². The average molecular weight is 521 g/mol. The molecule has 0 spiro atoms. The van der Waals surface area contributed by atoms with Crippen LogP contribution in [0.1, 0.15) is 18.1 Å². The van der Waals surface area contributed by atoms with Gasteiger partial charge in [0.25, 0.3) is 11.6 Å². The number of amides is 1. The van der Waals surface area contributed by atoms with E-state index in [0.29, 0.717) is 15.6 Å². The fourth-order valence-electron chi connectivity index (χ4n) is 3.30. The number of amidine groups is 1. The predicted octanol–water partition coefficient (Wildman–Crippen LogP) is 5.89. The Bertz CT molecular complexity index is 1450. The summed E-state index contributed by atoms with van der Waals surface area (Å²) in [7, 11) is 0. The van der Waals surface area contributed by atoms with Crippen molar-refractivity contribution < 1.29 is 24.1 Å². The van der Waals surface area contributed by atoms with E-state index in [4.69, 9.17) is 9.47 Å². The number of nitrogens with zero attached hydrogens (tertiary/aromatic N) is 3. The minimum absolute atomic E-state index is 0.172. The molecule has 0 unspecified atom stereocenters. The Hall–Kier alpha value is -4.71. The lowest BCUT2D eigenvalue weighted by Gasteiger charge is -2.12. The minimum atomic E-state index is -0.757. The van der Waals surface area contributed by atoms with Gasteiger partial charge in [-0.25, -0.2) is 4.99 Å². The lowest BCUT2D eigenvalue weighted by molar-refractivity contribution is -0.394. The Morgan fingerprint density at radius 1 is 0.973 bits per heavy atom. The van der Waals surface area contributed by atoms with Crippen molar-refractivity contribution in [3.05, 3.63) is 96.9 Å². The molecule has 3 aromatic rings. The highest BCUT2D eigenvalue weighted by atomic mass is 32.2. The van der Waals surface area contributed by atoms with E-state index in [9.17, 15) is 25.0 Å². The molecule has 0 saturated carbocycles. The normalized spacial score (nSPS) is 15.0. The molecule has 1 N–H and O–H groups in total. The third-order valence-electron chi connectivity index (χ3n) is 5.05. The fourth-order valence-corrected chi connectivity index (χ4v) is 4.14. The van der Waals surface area contributed by atoms with E-state index in [0.717, 1.165) is 29.4 Å². The van der Waals surface area contributed by atoms with Crippen molar-refractivity contribution in [3.8, 4) is 17.2 Å². The molecule has 1 saturated heterocycles. The van der Waals surface area contributed by atoms with Crippen molar-refractivity contribution in [1.29, 1.82) is 0 Å². The number of hydrogen-bond acceptors (Lipinski definition) is 9. The third-order valence-corrected chi connectivity index (χ3v) is 5.96. The molecule has 3 aromatic carbocycles. The van der Waals surface area contributed by atoms with E-state index in [1.165, 1.54) is 11.8 Å². The number of nitro groups is 2. The molecular weight excluding hydrogens is 500 g/mol. The van der Waals surface area contributed by atoms with Crippen LogP contribution in [0.5, 0.6) is 17.2 Å². The molecule has 1 aliphatic heterocycles. The van der Waals surface area contributed by atoms with Gasteiger partial charge in [-0.1, -0.05) is 23.8 Å². The first-order valence-electron chi connectivity index (χ1n) is 11.0. The van der Waals surface area contributed by atoms with E-state index in [1.54, 1.807) is 31.2 Å². The molecule has 1 aliphatic rings. The van der Waals surface area contributed by atoms with Crippen molar-refractivity contribution in [3.63, 3.8) is 0 Å². The highest BCUT2D eigenvalue weighted by Crippen LogP contribution is 2.39. The summed E-state index contributed by atoms with van der Waals surface area (Å²) in [4.78, 5) is 38.3. The number of aryl methyl sites for hydroxylation is 1. The molecular formula is C25H20N4O7S. The van der Waals surface area contributed by atoms with Crippen LogP contribution in [0.15, 0.2) is 70.6 Å². The molecule has 4 rings (SSSR count). The Morgan fingerprint density at radius 3 is 2.38 bits per heavy atom. The number of carbonyl (C=O) groups is 1. The average Bonchev–Trinajstić information content (AvgIpc) is 3.20. The summed E-state index contributed by atoms with van der Waals surface area (Å²) >= 11 is 1.20. The second kappa shape index (κ2) is 10.9. The fraction of sp³-hybridized carbons (Fsp3) is 0.120. The molecule has 0 aliphatic carbocycles. The smallest absolute Gasteiger partial charge is 0.318 e. The number of thioether (sulfide) groups is 1. The van der Waals surface area contributed by atoms with Gasteiger partial charge in [0.2, 0.25) is 5.75 Å². The first kappa shape index (κ1) is 25.4. The van der Waals surface area contributed by atoms with Gasteiger partial charge in [-0.2, -0.15) is 0 Å². The van der Waals surface area contributed by atoms with Crippen molar-refractivity contribution in [2.75, 3.05) is 6.61 Å². The third kappa shape index (κ3) is 6.11. The summed E-state index contributed by atoms with van der Waals surface area (Å²) in [5, 5.41) is 25.6. The van der Waals surface area contributed by atoms with Gasteiger partial charge in [0.1, 0.15) is 0 Å². The van der Waals surface area contributed by atoms with Crippen LogP contribution >= 0.6 is 11.8 Å². The lowest BCUT2D eigenvalue weighted by atomic mass is 10.2. The predicted molar refractivity (Wildman–Crippen MR) is 139 cm³/mol. The molecule has 37 heavy (non-hydrogen) atoms. The number of aliphatic imine (C=N–C) groups is 1. The molecule has 0 aromatic heterocycles. The molecule has 0 atom stereocenters. The first-order chi connectivity index (χ1) is 17.7. The number of benzene rings is 3. The van der Waals surface area contributed by atoms with Gasteiger partial charge < -0.3 is 14.8 Å². The van der Waals surface area contributed by atoms with Crippen LogP contribution in [0.3, 0.4) is 0 Å². The maximum absolute atomic E-state index is 12.5. The number of carbonyl (C=O) groups excluding carboxylic acids is 1. The summed E-state index contributed by atoms with van der Waals surface area (Å²) in [5.41, 5.74) is 1.47. The highest BCUT2D eigenvalue weighted by molar-refractivity contribution is 8.18. The Balaban J connectivity index is 1.60. The van der Waals surface area contributed by atoms with Crippen LogP contribution in [0.2, 0.25) is 0 Å². The number of nitrogens with one attached hydrogen (secondary N) is 1. The molecule has 188 valence electrons. The van der Waals surface area contributed by atoms with E-state index in [-0.39, 0.29) is 29.8 Å². The van der Waals surface area contributed by atoms with Crippen LogP contribution in [0.4, 0.5) is 17.1 Å². The van der Waals surface area contributed by atoms with E-state index in [2.05, 4.69) is 10.3 Å². The summed E-state index contributed by atoms with van der Waals surface area (Å²) in [6.07, 6.45) is 1.66. The Labute approximate surface area is 215 Å². The zero-order valence-electron chi connectivity index (χ0n) is 19.7. The molecule has 12 heteroatoms. The Morgan fingerprint density at radius 2 is 1.70 bits per heavy atom. The number of hydrogen-bond donors (Lipinski definition) is 1. The lowest BCUT2D eigenvalue weighted by Crippen LogP contribution is -2.19. The van der Waals surface area contributed by atoms with Crippen LogP contribution in [0.25, 0.3) is 6.08 Å². The highest BCUT2D eigenvalue weighted by Gasteiger charge is 2.25. The van der Waals surface area contributed by atoms with Crippen molar-refractivity contribution in [1.82, 2.24) is 5.32 Å².